The zero-order chi connectivity index (χ0) is 22.6. The highest BCUT2D eigenvalue weighted by Gasteiger charge is 2.77. The summed E-state index contributed by atoms with van der Waals surface area (Å²) < 4.78 is 6.36. The standard InChI is InChI=1S/C29H46O3/c1-16(20-14-18(20)3)6-7-17(2)21-8-9-22-24-23(11-12-27(21,22)4)28(5)13-10-19(30)15-29(28)26(32-29)25(24)31/h16-21,23,25-26,30-31H,6-15H2,1-5H3/t16-,17-,18-,19+,20+,21-,23+,25+,26+,27-,28-,29+/m1/s1. The monoisotopic (exact) mass is 442 g/mol. The lowest BCUT2D eigenvalue weighted by Crippen LogP contribution is -2.57. The summed E-state index contributed by atoms with van der Waals surface area (Å²) in [6.45, 7) is 12.4. The first-order valence-corrected chi connectivity index (χ1v) is 13.9. The van der Waals surface area contributed by atoms with Crippen LogP contribution in [0.2, 0.25) is 0 Å². The molecular formula is C29H46O3. The van der Waals surface area contributed by atoms with Crippen molar-refractivity contribution in [1.82, 2.24) is 0 Å². The van der Waals surface area contributed by atoms with Crippen LogP contribution < -0.4 is 0 Å². The molecule has 0 radical (unpaired) electrons. The Hall–Kier alpha value is -0.380. The predicted molar refractivity (Wildman–Crippen MR) is 127 cm³/mol. The van der Waals surface area contributed by atoms with Crippen LogP contribution in [-0.2, 0) is 4.74 Å². The highest BCUT2D eigenvalue weighted by atomic mass is 16.6. The lowest BCUT2D eigenvalue weighted by Gasteiger charge is -2.56. The Morgan fingerprint density at radius 2 is 1.75 bits per heavy atom. The quantitative estimate of drug-likeness (QED) is 0.413. The lowest BCUT2D eigenvalue weighted by atomic mass is 9.48. The fraction of sp³-hybridized carbons (Fsp3) is 0.931. The second-order valence-corrected chi connectivity index (χ2v) is 13.7. The zero-order valence-electron chi connectivity index (χ0n) is 21.1. The fourth-order valence-electron chi connectivity index (χ4n) is 9.92. The molecule has 1 aliphatic heterocycles. The van der Waals surface area contributed by atoms with E-state index in [-0.39, 0.29) is 28.6 Å². The highest BCUT2D eigenvalue weighted by Crippen LogP contribution is 2.72. The first kappa shape index (κ1) is 22.1. The van der Waals surface area contributed by atoms with Gasteiger partial charge in [-0.1, -0.05) is 53.0 Å². The molecule has 3 heteroatoms. The number of aliphatic hydroxyl groups is 2. The Kier molecular flexibility index (Phi) is 4.89. The van der Waals surface area contributed by atoms with Crippen LogP contribution in [0.3, 0.4) is 0 Å². The highest BCUT2D eigenvalue weighted by molar-refractivity contribution is 5.43. The molecule has 4 saturated carbocycles. The maximum Gasteiger partial charge on any atom is 0.118 e. The molecule has 0 bridgehead atoms. The van der Waals surface area contributed by atoms with E-state index in [1.54, 1.807) is 5.57 Å². The van der Waals surface area contributed by atoms with Gasteiger partial charge in [-0.15, -0.1) is 0 Å². The van der Waals surface area contributed by atoms with Gasteiger partial charge in [-0.3, -0.25) is 0 Å². The molecule has 0 amide bonds. The molecule has 3 nitrogen and oxygen atoms in total. The predicted octanol–water partition coefficient (Wildman–Crippen LogP) is 5.88. The number of ether oxygens (including phenoxy) is 1. The molecule has 12 atom stereocenters. The maximum atomic E-state index is 11.5. The minimum Gasteiger partial charge on any atom is -0.393 e. The van der Waals surface area contributed by atoms with E-state index in [4.69, 9.17) is 4.74 Å². The minimum atomic E-state index is -0.446. The van der Waals surface area contributed by atoms with Gasteiger partial charge in [-0.05, 0) is 91.4 Å². The summed E-state index contributed by atoms with van der Waals surface area (Å²) in [4.78, 5) is 0. The molecular weight excluding hydrogens is 396 g/mol. The Bertz CT molecular complexity index is 819. The normalized spacial score (nSPS) is 55.4. The van der Waals surface area contributed by atoms with Crippen molar-refractivity contribution in [2.24, 2.45) is 46.3 Å². The largest absolute Gasteiger partial charge is 0.393 e. The summed E-state index contributed by atoms with van der Waals surface area (Å²) in [6.07, 6.45) is 11.0. The van der Waals surface area contributed by atoms with E-state index in [1.165, 1.54) is 50.5 Å². The Morgan fingerprint density at radius 3 is 2.47 bits per heavy atom. The Balaban J connectivity index is 1.25. The van der Waals surface area contributed by atoms with Crippen LogP contribution in [-0.4, -0.2) is 34.1 Å². The van der Waals surface area contributed by atoms with Crippen molar-refractivity contribution in [3.05, 3.63) is 11.1 Å². The summed E-state index contributed by atoms with van der Waals surface area (Å²) in [6, 6.07) is 0. The van der Waals surface area contributed by atoms with E-state index in [0.717, 1.165) is 48.9 Å². The SMILES string of the molecule is C[C@H](CC[C@@H](C)[C@H]1CCC2=C3[C@H](O)[C@@H]4O[C@@]45C[C@@H](O)CC[C@]5(C)[C@H]3CC[C@@]21C)[C@@H]1C[C@H]1C. The van der Waals surface area contributed by atoms with Gasteiger partial charge < -0.3 is 14.9 Å². The molecule has 2 N–H and O–H groups in total. The van der Waals surface area contributed by atoms with Crippen LogP contribution in [0.5, 0.6) is 0 Å². The number of aliphatic hydroxyl groups excluding tert-OH is 2. The van der Waals surface area contributed by atoms with Gasteiger partial charge in [0.05, 0.1) is 6.10 Å². The smallest absolute Gasteiger partial charge is 0.118 e. The van der Waals surface area contributed by atoms with Gasteiger partial charge in [0.25, 0.3) is 0 Å². The second kappa shape index (κ2) is 7.08. The first-order valence-electron chi connectivity index (χ1n) is 13.9. The lowest BCUT2D eigenvalue weighted by molar-refractivity contribution is -0.0516. The van der Waals surface area contributed by atoms with Crippen LogP contribution in [0.4, 0.5) is 0 Å². The van der Waals surface area contributed by atoms with E-state index < -0.39 is 6.10 Å². The zero-order valence-corrected chi connectivity index (χ0v) is 21.1. The summed E-state index contributed by atoms with van der Waals surface area (Å²) >= 11 is 0. The van der Waals surface area contributed by atoms with Crippen molar-refractivity contribution >= 4 is 0 Å². The molecule has 5 aliphatic carbocycles. The van der Waals surface area contributed by atoms with Gasteiger partial charge in [0, 0.05) is 11.8 Å². The van der Waals surface area contributed by atoms with Gasteiger partial charge in [-0.25, -0.2) is 0 Å². The third kappa shape index (κ3) is 2.83. The molecule has 1 heterocycles. The molecule has 6 aliphatic rings. The molecule has 32 heavy (non-hydrogen) atoms. The summed E-state index contributed by atoms with van der Waals surface area (Å²) in [5.41, 5.74) is 3.10. The molecule has 0 unspecified atom stereocenters. The van der Waals surface area contributed by atoms with Crippen LogP contribution >= 0.6 is 0 Å². The van der Waals surface area contributed by atoms with Crippen LogP contribution in [0.1, 0.15) is 98.8 Å². The molecule has 1 saturated heterocycles. The van der Waals surface area contributed by atoms with E-state index in [0.29, 0.717) is 5.92 Å². The van der Waals surface area contributed by atoms with E-state index in [1.807, 2.05) is 0 Å². The first-order chi connectivity index (χ1) is 15.1. The van der Waals surface area contributed by atoms with Crippen molar-refractivity contribution in [2.45, 2.75) is 123 Å². The van der Waals surface area contributed by atoms with Crippen molar-refractivity contribution in [2.75, 3.05) is 0 Å². The number of allylic oxidation sites excluding steroid dienone is 1. The van der Waals surface area contributed by atoms with E-state index in [2.05, 4.69) is 34.6 Å². The molecule has 0 aromatic carbocycles. The number of hydrogen-bond donors (Lipinski definition) is 2. The third-order valence-electron chi connectivity index (χ3n) is 12.2. The van der Waals surface area contributed by atoms with Crippen LogP contribution in [0.25, 0.3) is 0 Å². The Morgan fingerprint density at radius 1 is 1.03 bits per heavy atom. The van der Waals surface area contributed by atoms with Crippen molar-refractivity contribution in [3.63, 3.8) is 0 Å². The number of rotatable bonds is 5. The molecule has 0 aromatic rings. The van der Waals surface area contributed by atoms with Gasteiger partial charge in [-0.2, -0.15) is 0 Å². The molecule has 180 valence electrons. The van der Waals surface area contributed by atoms with E-state index in [9.17, 15) is 10.2 Å². The van der Waals surface area contributed by atoms with Gasteiger partial charge in [0.1, 0.15) is 17.8 Å². The van der Waals surface area contributed by atoms with Crippen LogP contribution in [0.15, 0.2) is 11.1 Å². The molecule has 1 spiro atoms. The average molecular weight is 443 g/mol. The molecule has 0 aromatic heterocycles. The average Bonchev–Trinajstić information content (AvgIpc) is 3.63. The van der Waals surface area contributed by atoms with Gasteiger partial charge in [0.2, 0.25) is 0 Å². The number of hydrogen-bond acceptors (Lipinski definition) is 3. The summed E-state index contributed by atoms with van der Waals surface area (Å²) in [5, 5.41) is 21.9. The van der Waals surface area contributed by atoms with Gasteiger partial charge in [0.15, 0.2) is 0 Å². The van der Waals surface area contributed by atoms with Crippen molar-refractivity contribution < 1.29 is 14.9 Å². The Labute approximate surface area is 195 Å². The summed E-state index contributed by atoms with van der Waals surface area (Å²) in [7, 11) is 0. The third-order valence-corrected chi connectivity index (χ3v) is 12.2. The minimum absolute atomic E-state index is 0.0820. The second-order valence-electron chi connectivity index (χ2n) is 13.7. The summed E-state index contributed by atoms with van der Waals surface area (Å²) in [5.74, 6) is 4.80. The van der Waals surface area contributed by atoms with Gasteiger partial charge >= 0.3 is 0 Å². The van der Waals surface area contributed by atoms with E-state index >= 15 is 0 Å². The topological polar surface area (TPSA) is 53.0 Å². The van der Waals surface area contributed by atoms with Crippen molar-refractivity contribution in [3.8, 4) is 0 Å². The maximum absolute atomic E-state index is 11.5. The van der Waals surface area contributed by atoms with Crippen LogP contribution in [0, 0.1) is 46.3 Å². The number of epoxide rings is 1. The van der Waals surface area contributed by atoms with Crippen molar-refractivity contribution in [1.29, 1.82) is 0 Å². The number of fused-ring (bicyclic) bond motifs is 3. The molecule has 5 fully saturated rings. The fourth-order valence-corrected chi connectivity index (χ4v) is 9.92. The molecule has 6 rings (SSSR count).